The third-order valence-electron chi connectivity index (χ3n) is 3.79. The average molecular weight is 249 g/mol. The third kappa shape index (κ3) is 2.20. The van der Waals surface area contributed by atoms with Gasteiger partial charge in [-0.1, -0.05) is 6.07 Å². The quantitative estimate of drug-likeness (QED) is 0.835. The van der Waals surface area contributed by atoms with Crippen molar-refractivity contribution in [2.45, 2.75) is 32.7 Å². The van der Waals surface area contributed by atoms with Crippen molar-refractivity contribution in [1.29, 1.82) is 0 Å². The van der Waals surface area contributed by atoms with E-state index >= 15 is 0 Å². The monoisotopic (exact) mass is 249 g/mol. The largest absolute Gasteiger partial charge is 0.496 e. The summed E-state index contributed by atoms with van der Waals surface area (Å²) >= 11 is 0. The van der Waals surface area contributed by atoms with Crippen molar-refractivity contribution in [1.82, 2.24) is 0 Å². The van der Waals surface area contributed by atoms with E-state index in [2.05, 4.69) is 0 Å². The molecular weight excluding hydrogens is 230 g/mol. The molecule has 0 unspecified atom stereocenters. The highest BCUT2D eigenvalue weighted by Crippen LogP contribution is 2.49. The summed E-state index contributed by atoms with van der Waals surface area (Å²) in [6.45, 7) is 2.38. The van der Waals surface area contributed by atoms with Crippen molar-refractivity contribution in [3.63, 3.8) is 0 Å². The molecule has 0 radical (unpaired) electrons. The lowest BCUT2D eigenvalue weighted by atomic mass is 9.92. The highest BCUT2D eigenvalue weighted by Gasteiger charge is 2.50. The van der Waals surface area contributed by atoms with Crippen LogP contribution in [0.2, 0.25) is 0 Å². The van der Waals surface area contributed by atoms with Gasteiger partial charge >= 0.3 is 5.97 Å². The number of carboxylic acid groups (broad SMARTS) is 1. The number of hydrogen-bond acceptors (Lipinski definition) is 3. The van der Waals surface area contributed by atoms with Crippen molar-refractivity contribution < 1.29 is 14.6 Å². The first-order valence-corrected chi connectivity index (χ1v) is 6.12. The van der Waals surface area contributed by atoms with Gasteiger partial charge in [-0.25, -0.2) is 0 Å². The molecular formula is C14H19NO3. The van der Waals surface area contributed by atoms with Crippen LogP contribution in [0, 0.1) is 12.3 Å². The molecule has 98 valence electrons. The number of methoxy groups -OCH3 is 1. The molecule has 2 rings (SSSR count). The van der Waals surface area contributed by atoms with Gasteiger partial charge in [0.15, 0.2) is 0 Å². The van der Waals surface area contributed by atoms with E-state index in [1.54, 1.807) is 7.11 Å². The Morgan fingerprint density at radius 1 is 1.44 bits per heavy atom. The third-order valence-corrected chi connectivity index (χ3v) is 3.79. The average Bonchev–Trinajstić information content (AvgIpc) is 3.12. The van der Waals surface area contributed by atoms with Gasteiger partial charge in [0.2, 0.25) is 0 Å². The van der Waals surface area contributed by atoms with Gasteiger partial charge in [0.1, 0.15) is 5.75 Å². The van der Waals surface area contributed by atoms with Crippen molar-refractivity contribution >= 4 is 5.97 Å². The van der Waals surface area contributed by atoms with Crippen LogP contribution >= 0.6 is 0 Å². The van der Waals surface area contributed by atoms with Crippen molar-refractivity contribution in [3.05, 3.63) is 28.8 Å². The van der Waals surface area contributed by atoms with Crippen LogP contribution in [0.4, 0.5) is 0 Å². The molecule has 0 bridgehead atoms. The lowest BCUT2D eigenvalue weighted by molar-refractivity contribution is -0.143. The number of carbonyl (C=O) groups is 1. The molecule has 1 aromatic rings. The van der Waals surface area contributed by atoms with Gasteiger partial charge in [-0.2, -0.15) is 0 Å². The van der Waals surface area contributed by atoms with Crippen LogP contribution in [0.25, 0.3) is 0 Å². The molecule has 3 N–H and O–H groups in total. The van der Waals surface area contributed by atoms with Crippen LogP contribution < -0.4 is 10.5 Å². The molecule has 1 aliphatic rings. The summed E-state index contributed by atoms with van der Waals surface area (Å²) < 4.78 is 5.27. The van der Waals surface area contributed by atoms with E-state index in [1.165, 1.54) is 0 Å². The maximum Gasteiger partial charge on any atom is 0.309 e. The molecule has 0 aliphatic heterocycles. The molecule has 0 heterocycles. The summed E-state index contributed by atoms with van der Waals surface area (Å²) in [5, 5.41) is 9.23. The topological polar surface area (TPSA) is 72.5 Å². The van der Waals surface area contributed by atoms with Crippen molar-refractivity contribution in [2.75, 3.05) is 7.11 Å². The summed E-state index contributed by atoms with van der Waals surface area (Å²) in [5.41, 5.74) is 8.21. The standard InChI is InChI=1S/C14H19NO3/c1-9-5-12(18-2)11(8-15)6-10(9)7-14(3-4-14)13(16)17/h5-6H,3-4,7-8,15H2,1-2H3,(H,16,17). The molecule has 1 fully saturated rings. The number of rotatable bonds is 5. The Labute approximate surface area is 107 Å². The number of nitrogens with two attached hydrogens (primary N) is 1. The van der Waals surface area contributed by atoms with Crippen LogP contribution in [-0.2, 0) is 17.8 Å². The summed E-state index contributed by atoms with van der Waals surface area (Å²) in [5.74, 6) is 0.0888. The fourth-order valence-electron chi connectivity index (χ4n) is 2.30. The van der Waals surface area contributed by atoms with Gasteiger partial charge in [-0.15, -0.1) is 0 Å². The van der Waals surface area contributed by atoms with E-state index in [0.717, 1.165) is 35.3 Å². The fraction of sp³-hybridized carbons (Fsp3) is 0.500. The van der Waals surface area contributed by atoms with E-state index in [1.807, 2.05) is 19.1 Å². The predicted molar refractivity (Wildman–Crippen MR) is 68.6 cm³/mol. The number of aliphatic carboxylic acids is 1. The molecule has 1 aliphatic carbocycles. The Morgan fingerprint density at radius 2 is 2.11 bits per heavy atom. The zero-order chi connectivity index (χ0) is 13.3. The van der Waals surface area contributed by atoms with Gasteiger partial charge in [0.25, 0.3) is 0 Å². The van der Waals surface area contributed by atoms with E-state index in [-0.39, 0.29) is 0 Å². The minimum absolute atomic E-state index is 0.399. The first-order chi connectivity index (χ1) is 8.52. The highest BCUT2D eigenvalue weighted by molar-refractivity contribution is 5.78. The van der Waals surface area contributed by atoms with E-state index < -0.39 is 11.4 Å². The number of carboxylic acids is 1. The molecule has 1 aromatic carbocycles. The first kappa shape index (κ1) is 12.9. The Kier molecular flexibility index (Phi) is 3.30. The number of hydrogen-bond donors (Lipinski definition) is 2. The molecule has 0 amide bonds. The lowest BCUT2D eigenvalue weighted by Crippen LogP contribution is -2.18. The van der Waals surface area contributed by atoms with Crippen LogP contribution in [-0.4, -0.2) is 18.2 Å². The molecule has 18 heavy (non-hydrogen) atoms. The molecule has 4 nitrogen and oxygen atoms in total. The van der Waals surface area contributed by atoms with E-state index in [0.29, 0.717) is 13.0 Å². The Morgan fingerprint density at radius 3 is 2.56 bits per heavy atom. The van der Waals surface area contributed by atoms with Crippen LogP contribution in [0.5, 0.6) is 5.75 Å². The van der Waals surface area contributed by atoms with Crippen molar-refractivity contribution in [3.8, 4) is 5.75 Å². The molecule has 0 saturated heterocycles. The van der Waals surface area contributed by atoms with E-state index in [4.69, 9.17) is 10.5 Å². The number of aryl methyl sites for hydroxylation is 1. The zero-order valence-electron chi connectivity index (χ0n) is 10.8. The first-order valence-electron chi connectivity index (χ1n) is 6.12. The number of ether oxygens (including phenoxy) is 1. The lowest BCUT2D eigenvalue weighted by Gasteiger charge is -2.15. The molecule has 4 heteroatoms. The second-order valence-corrected chi connectivity index (χ2v) is 5.06. The normalized spacial score (nSPS) is 16.4. The summed E-state index contributed by atoms with van der Waals surface area (Å²) in [6, 6.07) is 3.92. The van der Waals surface area contributed by atoms with Gasteiger partial charge in [-0.3, -0.25) is 4.79 Å². The minimum atomic E-state index is -0.688. The smallest absolute Gasteiger partial charge is 0.309 e. The van der Waals surface area contributed by atoms with Crippen LogP contribution in [0.15, 0.2) is 12.1 Å². The molecule has 0 aromatic heterocycles. The van der Waals surface area contributed by atoms with Crippen LogP contribution in [0.3, 0.4) is 0 Å². The maximum atomic E-state index is 11.2. The highest BCUT2D eigenvalue weighted by atomic mass is 16.5. The summed E-state index contributed by atoms with van der Waals surface area (Å²) in [4.78, 5) is 11.2. The Balaban J connectivity index is 2.31. The molecule has 1 saturated carbocycles. The molecule has 0 spiro atoms. The van der Waals surface area contributed by atoms with E-state index in [9.17, 15) is 9.90 Å². The molecule has 0 atom stereocenters. The summed E-state index contributed by atoms with van der Waals surface area (Å²) in [7, 11) is 1.62. The van der Waals surface area contributed by atoms with Crippen LogP contribution in [0.1, 0.15) is 29.5 Å². The Bertz CT molecular complexity index is 478. The SMILES string of the molecule is COc1cc(C)c(CC2(C(=O)O)CC2)cc1CN. The van der Waals surface area contributed by atoms with Gasteiger partial charge in [0.05, 0.1) is 12.5 Å². The zero-order valence-corrected chi connectivity index (χ0v) is 10.8. The van der Waals surface area contributed by atoms with Gasteiger partial charge in [-0.05, 0) is 43.4 Å². The minimum Gasteiger partial charge on any atom is -0.496 e. The number of benzene rings is 1. The van der Waals surface area contributed by atoms with Gasteiger partial charge in [0, 0.05) is 12.1 Å². The predicted octanol–water partition coefficient (Wildman–Crippen LogP) is 1.87. The van der Waals surface area contributed by atoms with Crippen molar-refractivity contribution in [2.24, 2.45) is 11.1 Å². The van der Waals surface area contributed by atoms with Gasteiger partial charge < -0.3 is 15.6 Å². The summed E-state index contributed by atoms with van der Waals surface area (Å²) in [6.07, 6.45) is 2.13. The fourth-order valence-corrected chi connectivity index (χ4v) is 2.30. The second-order valence-electron chi connectivity index (χ2n) is 5.06. The maximum absolute atomic E-state index is 11.2. The Hall–Kier alpha value is -1.55. The second kappa shape index (κ2) is 4.61.